The van der Waals surface area contributed by atoms with Crippen LogP contribution in [0, 0.1) is 6.92 Å². The molecule has 0 aliphatic heterocycles. The van der Waals surface area contributed by atoms with Crippen LogP contribution in [-0.4, -0.2) is 23.6 Å². The van der Waals surface area contributed by atoms with E-state index in [1.165, 1.54) is 5.01 Å². The summed E-state index contributed by atoms with van der Waals surface area (Å²) in [4.78, 5) is 4.41. The quantitative estimate of drug-likeness (QED) is 0.727. The second kappa shape index (κ2) is 5.58. The summed E-state index contributed by atoms with van der Waals surface area (Å²) in [7, 11) is 0. The molecule has 3 N–H and O–H groups in total. The first-order chi connectivity index (χ1) is 7.03. The van der Waals surface area contributed by atoms with Crippen LogP contribution in [0.3, 0.4) is 0 Å². The number of hydrogen-bond donors (Lipinski definition) is 2. The van der Waals surface area contributed by atoms with Crippen LogP contribution in [-0.2, 0) is 6.42 Å². The lowest BCUT2D eigenvalue weighted by atomic mass is 10.0. The molecule has 0 saturated heterocycles. The molecule has 4 heteroatoms. The molecule has 86 valence electrons. The van der Waals surface area contributed by atoms with Crippen molar-refractivity contribution in [1.29, 1.82) is 0 Å². The van der Waals surface area contributed by atoms with Crippen LogP contribution >= 0.6 is 11.3 Å². The topological polar surface area (TPSA) is 50.9 Å². The number of rotatable bonds is 6. The Morgan fingerprint density at radius 2 is 2.33 bits per heavy atom. The molecule has 0 bridgehead atoms. The van der Waals surface area contributed by atoms with Crippen LogP contribution in [0.1, 0.15) is 31.0 Å². The zero-order valence-corrected chi connectivity index (χ0v) is 10.7. The van der Waals surface area contributed by atoms with Gasteiger partial charge in [0.1, 0.15) is 0 Å². The first-order valence-corrected chi connectivity index (χ1v) is 6.32. The fourth-order valence-electron chi connectivity index (χ4n) is 1.21. The smallest absolute Gasteiger partial charge is 0.0940 e. The summed E-state index contributed by atoms with van der Waals surface area (Å²) in [5.41, 5.74) is 7.06. The van der Waals surface area contributed by atoms with Gasteiger partial charge >= 0.3 is 0 Å². The van der Waals surface area contributed by atoms with E-state index in [1.807, 2.05) is 6.92 Å². The largest absolute Gasteiger partial charge is 0.324 e. The third-order valence-electron chi connectivity index (χ3n) is 2.52. The lowest BCUT2D eigenvalue weighted by Crippen LogP contribution is -2.45. The Labute approximate surface area is 96.1 Å². The van der Waals surface area contributed by atoms with E-state index in [4.69, 9.17) is 5.73 Å². The summed E-state index contributed by atoms with van der Waals surface area (Å²) in [5.74, 6) is 0. The third kappa shape index (κ3) is 4.73. The summed E-state index contributed by atoms with van der Waals surface area (Å²) in [6, 6.07) is 0. The Hall–Kier alpha value is -0.450. The molecule has 1 rings (SSSR count). The minimum Gasteiger partial charge on any atom is -0.324 e. The number of thiazole rings is 1. The third-order valence-corrected chi connectivity index (χ3v) is 3.55. The summed E-state index contributed by atoms with van der Waals surface area (Å²) >= 11 is 1.73. The number of hydrogen-bond acceptors (Lipinski definition) is 4. The Balaban J connectivity index is 2.17. The highest BCUT2D eigenvalue weighted by Gasteiger charge is 2.14. The van der Waals surface area contributed by atoms with Crippen molar-refractivity contribution in [3.05, 3.63) is 16.1 Å². The monoisotopic (exact) mass is 227 g/mol. The molecule has 1 aromatic heterocycles. The van der Waals surface area contributed by atoms with E-state index in [1.54, 1.807) is 11.3 Å². The van der Waals surface area contributed by atoms with Crippen LogP contribution in [0.2, 0.25) is 0 Å². The second-order valence-electron chi connectivity index (χ2n) is 4.32. The lowest BCUT2D eigenvalue weighted by molar-refractivity contribution is 0.418. The molecule has 0 saturated carbocycles. The summed E-state index contributed by atoms with van der Waals surface area (Å²) < 4.78 is 0. The first kappa shape index (κ1) is 12.6. The van der Waals surface area contributed by atoms with E-state index in [0.29, 0.717) is 0 Å². The zero-order valence-electron chi connectivity index (χ0n) is 9.84. The standard InChI is InChI=1S/C11H21N3S/c1-4-11(3,12)8-13-6-5-10-14-9(2)7-15-10/h7,13H,4-6,8,12H2,1-3H3. The van der Waals surface area contributed by atoms with Gasteiger partial charge in [0, 0.05) is 36.1 Å². The molecule has 0 fully saturated rings. The second-order valence-corrected chi connectivity index (χ2v) is 5.26. The van der Waals surface area contributed by atoms with Gasteiger partial charge in [-0.3, -0.25) is 0 Å². The van der Waals surface area contributed by atoms with Crippen molar-refractivity contribution in [2.75, 3.05) is 13.1 Å². The van der Waals surface area contributed by atoms with Crippen LogP contribution in [0.5, 0.6) is 0 Å². The maximum Gasteiger partial charge on any atom is 0.0940 e. The van der Waals surface area contributed by atoms with E-state index in [-0.39, 0.29) is 5.54 Å². The molecule has 1 heterocycles. The van der Waals surface area contributed by atoms with Gasteiger partial charge in [0.05, 0.1) is 5.01 Å². The van der Waals surface area contributed by atoms with Gasteiger partial charge in [0.25, 0.3) is 0 Å². The van der Waals surface area contributed by atoms with Gasteiger partial charge in [-0.25, -0.2) is 4.98 Å². The first-order valence-electron chi connectivity index (χ1n) is 5.44. The molecule has 0 amide bonds. The van der Waals surface area contributed by atoms with Crippen LogP contribution in [0.15, 0.2) is 5.38 Å². The normalized spacial score (nSPS) is 15.2. The Kier molecular flexibility index (Phi) is 4.70. The molecule has 0 aromatic carbocycles. The molecule has 0 radical (unpaired) electrons. The molecule has 1 aromatic rings. The maximum absolute atomic E-state index is 6.02. The number of nitrogens with two attached hydrogens (primary N) is 1. The van der Waals surface area contributed by atoms with Crippen molar-refractivity contribution < 1.29 is 0 Å². The number of nitrogens with one attached hydrogen (secondary N) is 1. The number of aryl methyl sites for hydroxylation is 1. The van der Waals surface area contributed by atoms with E-state index >= 15 is 0 Å². The molecule has 1 unspecified atom stereocenters. The predicted molar refractivity (Wildman–Crippen MR) is 66.3 cm³/mol. The molecule has 0 spiro atoms. The SMILES string of the molecule is CCC(C)(N)CNCCc1nc(C)cs1. The summed E-state index contributed by atoms with van der Waals surface area (Å²) in [6.45, 7) is 8.05. The minimum absolute atomic E-state index is 0.0845. The van der Waals surface area contributed by atoms with Gasteiger partial charge in [-0.1, -0.05) is 6.92 Å². The number of nitrogens with zero attached hydrogens (tertiary/aromatic N) is 1. The highest BCUT2D eigenvalue weighted by molar-refractivity contribution is 7.09. The average Bonchev–Trinajstić information content (AvgIpc) is 2.59. The Bertz CT molecular complexity index is 294. The fourth-order valence-corrected chi connectivity index (χ4v) is 1.99. The van der Waals surface area contributed by atoms with Gasteiger partial charge in [-0.05, 0) is 20.3 Å². The molecule has 15 heavy (non-hydrogen) atoms. The van der Waals surface area contributed by atoms with Crippen molar-refractivity contribution in [3.8, 4) is 0 Å². The Morgan fingerprint density at radius 3 is 2.87 bits per heavy atom. The fraction of sp³-hybridized carbons (Fsp3) is 0.727. The van der Waals surface area contributed by atoms with Crippen molar-refractivity contribution in [1.82, 2.24) is 10.3 Å². The van der Waals surface area contributed by atoms with E-state index in [9.17, 15) is 0 Å². The average molecular weight is 227 g/mol. The molecule has 0 aliphatic rings. The van der Waals surface area contributed by atoms with Gasteiger partial charge < -0.3 is 11.1 Å². The molecular weight excluding hydrogens is 206 g/mol. The Morgan fingerprint density at radius 1 is 1.60 bits per heavy atom. The van der Waals surface area contributed by atoms with Gasteiger partial charge in [0.15, 0.2) is 0 Å². The highest BCUT2D eigenvalue weighted by atomic mass is 32.1. The van der Waals surface area contributed by atoms with Crippen LogP contribution in [0.25, 0.3) is 0 Å². The van der Waals surface area contributed by atoms with Crippen molar-refractivity contribution in [2.24, 2.45) is 5.73 Å². The van der Waals surface area contributed by atoms with E-state index in [0.717, 1.165) is 31.6 Å². The van der Waals surface area contributed by atoms with Gasteiger partial charge in [0.2, 0.25) is 0 Å². The van der Waals surface area contributed by atoms with E-state index in [2.05, 4.69) is 29.5 Å². The van der Waals surface area contributed by atoms with Crippen LogP contribution in [0.4, 0.5) is 0 Å². The van der Waals surface area contributed by atoms with Gasteiger partial charge in [-0.2, -0.15) is 0 Å². The highest BCUT2D eigenvalue weighted by Crippen LogP contribution is 2.08. The summed E-state index contributed by atoms with van der Waals surface area (Å²) in [5, 5.41) is 6.67. The predicted octanol–water partition coefficient (Wildman–Crippen LogP) is 1.71. The molecule has 1 atom stereocenters. The van der Waals surface area contributed by atoms with Crippen molar-refractivity contribution in [2.45, 2.75) is 39.2 Å². The van der Waals surface area contributed by atoms with Crippen molar-refractivity contribution in [3.63, 3.8) is 0 Å². The zero-order chi connectivity index (χ0) is 11.3. The number of aromatic nitrogens is 1. The minimum atomic E-state index is -0.0845. The van der Waals surface area contributed by atoms with Gasteiger partial charge in [-0.15, -0.1) is 11.3 Å². The molecular formula is C11H21N3S. The van der Waals surface area contributed by atoms with Crippen LogP contribution < -0.4 is 11.1 Å². The van der Waals surface area contributed by atoms with Crippen molar-refractivity contribution >= 4 is 11.3 Å². The maximum atomic E-state index is 6.02. The summed E-state index contributed by atoms with van der Waals surface area (Å²) in [6.07, 6.45) is 1.99. The molecule has 3 nitrogen and oxygen atoms in total. The lowest BCUT2D eigenvalue weighted by Gasteiger charge is -2.22. The molecule has 0 aliphatic carbocycles. The van der Waals surface area contributed by atoms with E-state index < -0.39 is 0 Å².